The van der Waals surface area contributed by atoms with E-state index in [1.165, 1.54) is 0 Å². The molecule has 0 aliphatic rings. The molecule has 2 aromatic heterocycles. The lowest BCUT2D eigenvalue weighted by Gasteiger charge is -2.05. The van der Waals surface area contributed by atoms with Crippen LogP contribution in [0.4, 0.5) is 0 Å². The fourth-order valence-electron chi connectivity index (χ4n) is 1.88. The molecular weight excluding hydrogens is 320 g/mol. The molecule has 0 atom stereocenters. The van der Waals surface area contributed by atoms with Crippen molar-refractivity contribution in [2.45, 2.75) is 6.92 Å². The van der Waals surface area contributed by atoms with Crippen molar-refractivity contribution in [2.24, 2.45) is 0 Å². The molecule has 0 aliphatic heterocycles. The highest BCUT2D eigenvalue weighted by atomic mass is 79.9. The smallest absolute Gasteiger partial charge is 0.247 e. The van der Waals surface area contributed by atoms with E-state index >= 15 is 0 Å². The number of hydrogen-bond donors (Lipinski definition) is 0. The first kappa shape index (κ1) is 12.7. The molecule has 5 heteroatoms. The number of para-hydroxylation sites is 1. The standard InChI is InChI=1S/C15H9BrN2O2/c1-9-11(16)6-7-14(18-9)20-15-10-4-2-3-5-12(10)19-13(15)8-17/h2-7H,1H3. The zero-order valence-electron chi connectivity index (χ0n) is 10.6. The molecule has 0 radical (unpaired) electrons. The van der Waals surface area contributed by atoms with Crippen molar-refractivity contribution in [1.82, 2.24) is 4.98 Å². The maximum absolute atomic E-state index is 9.14. The number of nitrogens with zero attached hydrogens (tertiary/aromatic N) is 2. The summed E-state index contributed by atoms with van der Waals surface area (Å²) in [5.41, 5.74) is 1.43. The van der Waals surface area contributed by atoms with Gasteiger partial charge in [-0.25, -0.2) is 4.98 Å². The van der Waals surface area contributed by atoms with Gasteiger partial charge in [0.05, 0.1) is 11.1 Å². The monoisotopic (exact) mass is 328 g/mol. The Hall–Kier alpha value is -2.32. The Morgan fingerprint density at radius 2 is 2.05 bits per heavy atom. The first-order valence-electron chi connectivity index (χ1n) is 5.91. The van der Waals surface area contributed by atoms with Crippen molar-refractivity contribution in [2.75, 3.05) is 0 Å². The molecule has 0 spiro atoms. The van der Waals surface area contributed by atoms with Crippen molar-refractivity contribution in [3.63, 3.8) is 0 Å². The average Bonchev–Trinajstić information content (AvgIpc) is 2.81. The third-order valence-electron chi connectivity index (χ3n) is 2.85. The summed E-state index contributed by atoms with van der Waals surface area (Å²) in [6.07, 6.45) is 0. The normalized spacial score (nSPS) is 10.4. The Bertz CT molecular complexity index is 833. The van der Waals surface area contributed by atoms with E-state index in [0.29, 0.717) is 17.2 Å². The molecule has 4 nitrogen and oxygen atoms in total. The van der Waals surface area contributed by atoms with Gasteiger partial charge in [0.1, 0.15) is 11.7 Å². The zero-order chi connectivity index (χ0) is 14.1. The van der Waals surface area contributed by atoms with Crippen molar-refractivity contribution in [3.8, 4) is 17.7 Å². The van der Waals surface area contributed by atoms with Gasteiger partial charge in [0, 0.05) is 10.5 Å². The molecule has 2 heterocycles. The van der Waals surface area contributed by atoms with E-state index in [9.17, 15) is 0 Å². The number of nitriles is 1. The van der Waals surface area contributed by atoms with Crippen molar-refractivity contribution < 1.29 is 9.15 Å². The minimum atomic E-state index is 0.147. The number of halogens is 1. The van der Waals surface area contributed by atoms with Crippen LogP contribution in [-0.4, -0.2) is 4.98 Å². The summed E-state index contributed by atoms with van der Waals surface area (Å²) in [6.45, 7) is 1.87. The number of hydrogen-bond acceptors (Lipinski definition) is 4. The third-order valence-corrected chi connectivity index (χ3v) is 3.69. The highest BCUT2D eigenvalue weighted by Gasteiger charge is 2.16. The summed E-state index contributed by atoms with van der Waals surface area (Å²) in [6, 6.07) is 12.9. The zero-order valence-corrected chi connectivity index (χ0v) is 12.1. The number of rotatable bonds is 2. The quantitative estimate of drug-likeness (QED) is 0.691. The van der Waals surface area contributed by atoms with Crippen LogP contribution in [0.15, 0.2) is 45.3 Å². The number of furan rings is 1. The second-order valence-corrected chi connectivity index (χ2v) is 5.04. The fraction of sp³-hybridized carbons (Fsp3) is 0.0667. The number of aromatic nitrogens is 1. The predicted molar refractivity (Wildman–Crippen MR) is 77.7 cm³/mol. The van der Waals surface area contributed by atoms with Crippen LogP contribution in [0, 0.1) is 18.3 Å². The summed E-state index contributed by atoms with van der Waals surface area (Å²) in [5, 5.41) is 9.90. The van der Waals surface area contributed by atoms with Gasteiger partial charge in [-0.15, -0.1) is 0 Å². The first-order chi connectivity index (χ1) is 9.69. The van der Waals surface area contributed by atoms with E-state index in [4.69, 9.17) is 14.4 Å². The van der Waals surface area contributed by atoms with Crippen molar-refractivity contribution >= 4 is 26.9 Å². The number of fused-ring (bicyclic) bond motifs is 1. The Morgan fingerprint density at radius 1 is 1.25 bits per heavy atom. The fourth-order valence-corrected chi connectivity index (χ4v) is 2.10. The Morgan fingerprint density at radius 3 is 2.80 bits per heavy atom. The van der Waals surface area contributed by atoms with E-state index < -0.39 is 0 Å². The van der Waals surface area contributed by atoms with Crippen LogP contribution in [0.1, 0.15) is 11.5 Å². The second kappa shape index (κ2) is 4.99. The molecule has 0 N–H and O–H groups in total. The molecule has 3 aromatic rings. The van der Waals surface area contributed by atoms with Crippen LogP contribution in [0.3, 0.4) is 0 Å². The SMILES string of the molecule is Cc1nc(Oc2c(C#N)oc3ccccc23)ccc1Br. The van der Waals surface area contributed by atoms with Crippen LogP contribution in [0.2, 0.25) is 0 Å². The minimum absolute atomic E-state index is 0.147. The summed E-state index contributed by atoms with van der Waals surface area (Å²) in [4.78, 5) is 4.31. The summed E-state index contributed by atoms with van der Waals surface area (Å²) in [5.74, 6) is 0.972. The molecule has 1 aromatic carbocycles. The van der Waals surface area contributed by atoms with E-state index in [-0.39, 0.29) is 5.76 Å². The topological polar surface area (TPSA) is 59.0 Å². The van der Waals surface area contributed by atoms with Crippen LogP contribution in [0.5, 0.6) is 11.6 Å². The summed E-state index contributed by atoms with van der Waals surface area (Å²) >= 11 is 3.39. The van der Waals surface area contributed by atoms with Gasteiger partial charge in [0.15, 0.2) is 5.75 Å². The van der Waals surface area contributed by atoms with Gasteiger partial charge in [0.25, 0.3) is 0 Å². The van der Waals surface area contributed by atoms with Crippen molar-refractivity contribution in [3.05, 3.63) is 52.3 Å². The lowest BCUT2D eigenvalue weighted by Crippen LogP contribution is -1.91. The van der Waals surface area contributed by atoms with E-state index in [2.05, 4.69) is 20.9 Å². The van der Waals surface area contributed by atoms with Gasteiger partial charge < -0.3 is 9.15 Å². The van der Waals surface area contributed by atoms with Gasteiger partial charge in [-0.05, 0) is 41.1 Å². The van der Waals surface area contributed by atoms with E-state index in [0.717, 1.165) is 15.6 Å². The summed E-state index contributed by atoms with van der Waals surface area (Å²) < 4.78 is 12.1. The molecule has 0 aliphatic carbocycles. The number of benzene rings is 1. The van der Waals surface area contributed by atoms with Crippen LogP contribution >= 0.6 is 15.9 Å². The molecule has 0 fully saturated rings. The first-order valence-corrected chi connectivity index (χ1v) is 6.71. The number of pyridine rings is 1. The lowest BCUT2D eigenvalue weighted by atomic mass is 10.2. The number of aryl methyl sites for hydroxylation is 1. The van der Waals surface area contributed by atoms with Crippen molar-refractivity contribution in [1.29, 1.82) is 5.26 Å². The average molecular weight is 329 g/mol. The van der Waals surface area contributed by atoms with Gasteiger partial charge in [-0.1, -0.05) is 12.1 Å². The maximum Gasteiger partial charge on any atom is 0.247 e. The molecule has 3 rings (SSSR count). The lowest BCUT2D eigenvalue weighted by molar-refractivity contribution is 0.449. The molecule has 0 amide bonds. The van der Waals surface area contributed by atoms with Gasteiger partial charge >= 0.3 is 0 Å². The minimum Gasteiger partial charge on any atom is -0.442 e. The highest BCUT2D eigenvalue weighted by molar-refractivity contribution is 9.10. The van der Waals surface area contributed by atoms with Crippen LogP contribution in [-0.2, 0) is 0 Å². The van der Waals surface area contributed by atoms with Crippen LogP contribution in [0.25, 0.3) is 11.0 Å². The Labute approximate surface area is 123 Å². The molecule has 0 unspecified atom stereocenters. The number of ether oxygens (including phenoxy) is 1. The molecule has 0 saturated heterocycles. The predicted octanol–water partition coefficient (Wildman–Crippen LogP) is 4.56. The van der Waals surface area contributed by atoms with Crippen LogP contribution < -0.4 is 4.74 Å². The largest absolute Gasteiger partial charge is 0.442 e. The van der Waals surface area contributed by atoms with Gasteiger partial charge in [-0.3, -0.25) is 0 Å². The molecular formula is C15H9BrN2O2. The highest BCUT2D eigenvalue weighted by Crippen LogP contribution is 2.35. The molecule has 20 heavy (non-hydrogen) atoms. The molecule has 0 bridgehead atoms. The Kier molecular flexibility index (Phi) is 3.17. The second-order valence-electron chi connectivity index (χ2n) is 4.19. The van der Waals surface area contributed by atoms with Gasteiger partial charge in [-0.2, -0.15) is 5.26 Å². The summed E-state index contributed by atoms with van der Waals surface area (Å²) in [7, 11) is 0. The third kappa shape index (κ3) is 2.15. The van der Waals surface area contributed by atoms with Gasteiger partial charge in [0.2, 0.25) is 11.6 Å². The molecule has 98 valence electrons. The maximum atomic E-state index is 9.14. The van der Waals surface area contributed by atoms with E-state index in [1.54, 1.807) is 12.1 Å². The molecule has 0 saturated carbocycles. The Balaban J connectivity index is 2.10. The van der Waals surface area contributed by atoms with E-state index in [1.807, 2.05) is 37.3 Å².